The van der Waals surface area contributed by atoms with Crippen molar-refractivity contribution in [1.82, 2.24) is 19.3 Å². The van der Waals surface area contributed by atoms with E-state index in [4.69, 9.17) is 16.7 Å². The summed E-state index contributed by atoms with van der Waals surface area (Å²) in [6.07, 6.45) is 1.55. The van der Waals surface area contributed by atoms with Gasteiger partial charge in [0.25, 0.3) is 10.2 Å². The van der Waals surface area contributed by atoms with Gasteiger partial charge in [-0.1, -0.05) is 17.2 Å². The molecule has 0 saturated heterocycles. The van der Waals surface area contributed by atoms with Gasteiger partial charge in [0.05, 0.1) is 6.20 Å². The van der Waals surface area contributed by atoms with E-state index < -0.39 is 16.0 Å². The molecule has 0 saturated carbocycles. The minimum atomic E-state index is -3.72. The minimum Gasteiger partial charge on any atom is -0.327 e. The van der Waals surface area contributed by atoms with Crippen LogP contribution in [0.3, 0.4) is 0 Å². The quantitative estimate of drug-likeness (QED) is 0.860. The summed E-state index contributed by atoms with van der Waals surface area (Å²) >= 11 is 6.24. The summed E-state index contributed by atoms with van der Waals surface area (Å²) in [5, 5.41) is 5.50. The van der Waals surface area contributed by atoms with Crippen LogP contribution in [0.2, 0.25) is 5.15 Å². The van der Waals surface area contributed by atoms with Gasteiger partial charge in [0, 0.05) is 13.1 Å². The molecule has 3 heterocycles. The molecule has 2 aromatic rings. The highest BCUT2D eigenvalue weighted by atomic mass is 35.5. The average Bonchev–Trinajstić information content (AvgIpc) is 2.89. The number of nitrogens with one attached hydrogen (secondary N) is 1. The van der Waals surface area contributed by atoms with Crippen molar-refractivity contribution < 1.29 is 12.8 Å². The minimum absolute atomic E-state index is 0.196. The van der Waals surface area contributed by atoms with Gasteiger partial charge in [-0.25, -0.2) is 19.5 Å². The summed E-state index contributed by atoms with van der Waals surface area (Å²) in [6.45, 7) is 2.27. The summed E-state index contributed by atoms with van der Waals surface area (Å²) in [4.78, 5) is 11.3. The fourth-order valence-corrected chi connectivity index (χ4v) is 3.58. The van der Waals surface area contributed by atoms with Gasteiger partial charge in [-0.2, -0.15) is 12.7 Å². The van der Waals surface area contributed by atoms with E-state index in [2.05, 4.69) is 15.0 Å². The molecule has 10 heteroatoms. The topological polar surface area (TPSA) is 105 Å². The Morgan fingerprint density at radius 2 is 2.17 bits per heavy atom. The van der Waals surface area contributed by atoms with Gasteiger partial charge >= 0.3 is 0 Å². The first-order valence-corrected chi connectivity index (χ1v) is 8.98. The van der Waals surface area contributed by atoms with E-state index in [0.717, 1.165) is 17.3 Å². The van der Waals surface area contributed by atoms with Gasteiger partial charge < -0.3 is 4.98 Å². The van der Waals surface area contributed by atoms with Crippen molar-refractivity contribution >= 4 is 27.4 Å². The molecule has 7 nitrogen and oxygen atoms in total. The Labute approximate surface area is 143 Å². The molecule has 24 heavy (non-hydrogen) atoms. The van der Waals surface area contributed by atoms with Crippen LogP contribution in [0.25, 0.3) is 17.1 Å². The fraction of sp³-hybridized carbons (Fsp3) is 0.286. The lowest BCUT2D eigenvalue weighted by molar-refractivity contribution is 0.433. The number of nitrogens with two attached hydrogens (primary N) is 1. The van der Waals surface area contributed by atoms with Gasteiger partial charge in [0.2, 0.25) is 0 Å². The van der Waals surface area contributed by atoms with Crippen LogP contribution in [0.5, 0.6) is 0 Å². The molecule has 2 aromatic heterocycles. The lowest BCUT2D eigenvalue weighted by atomic mass is 10.0. The molecule has 1 aliphatic rings. The predicted octanol–water partition coefficient (Wildman–Crippen LogP) is 1.95. The highest BCUT2D eigenvalue weighted by Crippen LogP contribution is 2.32. The van der Waals surface area contributed by atoms with Crippen LogP contribution in [0.4, 0.5) is 4.39 Å². The largest absolute Gasteiger partial charge is 0.327 e. The van der Waals surface area contributed by atoms with E-state index in [1.165, 1.54) is 16.4 Å². The average molecular weight is 372 g/mol. The van der Waals surface area contributed by atoms with Gasteiger partial charge in [-0.3, -0.25) is 0 Å². The predicted molar refractivity (Wildman–Crippen MR) is 88.7 cm³/mol. The second kappa shape index (κ2) is 6.25. The number of pyridine rings is 1. The molecule has 0 atom stereocenters. The van der Waals surface area contributed by atoms with Crippen molar-refractivity contribution in [3.63, 3.8) is 0 Å². The number of nitrogens with zero attached hydrogens (tertiary/aromatic N) is 3. The zero-order chi connectivity index (χ0) is 17.5. The number of rotatable bonds is 3. The zero-order valence-corrected chi connectivity index (χ0v) is 14.3. The third-order valence-corrected chi connectivity index (χ3v) is 5.12. The van der Waals surface area contributed by atoms with Gasteiger partial charge in [-0.15, -0.1) is 0 Å². The highest BCUT2D eigenvalue weighted by Gasteiger charge is 2.26. The van der Waals surface area contributed by atoms with Crippen LogP contribution in [-0.2, 0) is 10.2 Å². The third-order valence-electron chi connectivity index (χ3n) is 3.82. The van der Waals surface area contributed by atoms with E-state index in [-0.39, 0.29) is 13.1 Å². The van der Waals surface area contributed by atoms with E-state index in [9.17, 15) is 12.8 Å². The van der Waals surface area contributed by atoms with E-state index >= 15 is 0 Å². The number of hydrogen-bond acceptors (Lipinski definition) is 4. The van der Waals surface area contributed by atoms with Crippen molar-refractivity contribution in [3.05, 3.63) is 40.6 Å². The Hall–Kier alpha value is -1.81. The van der Waals surface area contributed by atoms with Crippen LogP contribution in [-0.4, -0.2) is 40.8 Å². The molecular weight excluding hydrogens is 357 g/mol. The van der Waals surface area contributed by atoms with E-state index in [0.29, 0.717) is 28.8 Å². The molecule has 0 aromatic carbocycles. The second-order valence-electron chi connectivity index (χ2n) is 5.50. The Bertz CT molecular complexity index is 908. The number of aromatic nitrogens is 3. The summed E-state index contributed by atoms with van der Waals surface area (Å²) in [7, 11) is -3.72. The van der Waals surface area contributed by atoms with Crippen LogP contribution in [0, 0.1) is 5.82 Å². The molecular formula is C14H15ClFN5O2S. The molecule has 1 aliphatic heterocycles. The first-order valence-electron chi connectivity index (χ1n) is 7.10. The number of imidazole rings is 1. The monoisotopic (exact) mass is 371 g/mol. The first kappa shape index (κ1) is 17.0. The maximum Gasteiger partial charge on any atom is 0.277 e. The fourth-order valence-electron chi connectivity index (χ4n) is 2.62. The summed E-state index contributed by atoms with van der Waals surface area (Å²) in [5.74, 6) is -0.0188. The van der Waals surface area contributed by atoms with Gasteiger partial charge in [-0.05, 0) is 31.1 Å². The lowest BCUT2D eigenvalue weighted by Gasteiger charge is -2.26. The molecule has 0 amide bonds. The van der Waals surface area contributed by atoms with Crippen molar-refractivity contribution in [2.24, 2.45) is 5.14 Å². The maximum atomic E-state index is 13.0. The number of hydrogen-bond donors (Lipinski definition) is 2. The SMILES string of the molecule is CC1=C(c2nc(-c3ccc(F)cn3)[nH]c2Cl)CCN(S(N)(=O)=O)C1. The van der Waals surface area contributed by atoms with Crippen molar-refractivity contribution in [2.75, 3.05) is 13.1 Å². The highest BCUT2D eigenvalue weighted by molar-refractivity contribution is 7.86. The van der Waals surface area contributed by atoms with Gasteiger partial charge in [0.1, 0.15) is 22.4 Å². The first-order chi connectivity index (χ1) is 11.3. The van der Waals surface area contributed by atoms with Crippen molar-refractivity contribution in [2.45, 2.75) is 13.3 Å². The molecule has 0 unspecified atom stereocenters. The molecule has 0 fully saturated rings. The van der Waals surface area contributed by atoms with Crippen LogP contribution in [0.1, 0.15) is 19.0 Å². The van der Waals surface area contributed by atoms with Crippen LogP contribution < -0.4 is 5.14 Å². The normalized spacial score (nSPS) is 16.7. The Balaban J connectivity index is 1.95. The molecule has 3 rings (SSSR count). The summed E-state index contributed by atoms with van der Waals surface area (Å²) in [6, 6.07) is 2.78. The Morgan fingerprint density at radius 1 is 1.42 bits per heavy atom. The summed E-state index contributed by atoms with van der Waals surface area (Å²) in [5.41, 5.74) is 2.70. The molecule has 0 spiro atoms. The zero-order valence-electron chi connectivity index (χ0n) is 12.8. The van der Waals surface area contributed by atoms with Crippen LogP contribution in [0.15, 0.2) is 23.9 Å². The molecule has 3 N–H and O–H groups in total. The van der Waals surface area contributed by atoms with Crippen molar-refractivity contribution in [1.29, 1.82) is 0 Å². The number of aromatic amines is 1. The van der Waals surface area contributed by atoms with Gasteiger partial charge in [0.15, 0.2) is 5.82 Å². The van der Waals surface area contributed by atoms with E-state index in [1.807, 2.05) is 6.92 Å². The number of halogens is 2. The van der Waals surface area contributed by atoms with Crippen molar-refractivity contribution in [3.8, 4) is 11.5 Å². The summed E-state index contributed by atoms with van der Waals surface area (Å²) < 4.78 is 37.1. The standard InChI is InChI=1S/C14H15ClFN5O2S/c1-8-7-21(24(17,22)23)5-4-10(8)12-13(15)20-14(19-12)11-3-2-9(16)6-18-11/h2-3,6H,4-5,7H2,1H3,(H,19,20)(H2,17,22,23). The smallest absolute Gasteiger partial charge is 0.277 e. The lowest BCUT2D eigenvalue weighted by Crippen LogP contribution is -2.40. The molecule has 128 valence electrons. The van der Waals surface area contributed by atoms with Crippen LogP contribution >= 0.6 is 11.6 Å². The Morgan fingerprint density at radius 3 is 2.75 bits per heavy atom. The third kappa shape index (κ3) is 3.34. The second-order valence-corrected chi connectivity index (χ2v) is 7.42. The molecule has 0 aliphatic carbocycles. The Kier molecular flexibility index (Phi) is 4.43. The number of H-pyrrole nitrogens is 1. The maximum absolute atomic E-state index is 13.0. The molecule has 0 radical (unpaired) electrons. The molecule has 0 bridgehead atoms. The van der Waals surface area contributed by atoms with E-state index in [1.54, 1.807) is 0 Å².